The molecule has 1 aliphatic rings. The average molecular weight is 314 g/mol. The van der Waals surface area contributed by atoms with Crippen LogP contribution in [0, 0.1) is 0 Å². The van der Waals surface area contributed by atoms with E-state index < -0.39 is 0 Å². The van der Waals surface area contributed by atoms with E-state index in [0.717, 1.165) is 23.3 Å². The summed E-state index contributed by atoms with van der Waals surface area (Å²) in [4.78, 5) is 0. The second kappa shape index (κ2) is 4.90. The van der Waals surface area contributed by atoms with Gasteiger partial charge >= 0.3 is 0 Å². The van der Waals surface area contributed by atoms with Crippen molar-refractivity contribution in [2.75, 3.05) is 0 Å². The molecule has 98 valence electrons. The normalized spacial score (nSPS) is 17.2. The van der Waals surface area contributed by atoms with Crippen molar-refractivity contribution in [3.8, 4) is 16.9 Å². The number of hydrogen-bond donors (Lipinski definition) is 0. The van der Waals surface area contributed by atoms with Gasteiger partial charge in [0.25, 0.3) is 0 Å². The largest absolute Gasteiger partial charge is 0.489 e. The van der Waals surface area contributed by atoms with Gasteiger partial charge in [-0.15, -0.1) is 0 Å². The first-order chi connectivity index (χ1) is 9.06. The lowest BCUT2D eigenvalue weighted by Gasteiger charge is -2.13. The molecule has 1 atom stereocenters. The quantitative estimate of drug-likeness (QED) is 0.662. The van der Waals surface area contributed by atoms with Crippen LogP contribution in [0.1, 0.15) is 12.5 Å². The van der Waals surface area contributed by atoms with Gasteiger partial charge in [0, 0.05) is 22.6 Å². The molecule has 2 aromatic carbocycles. The number of halogens is 3. The highest BCUT2D eigenvalue weighted by molar-refractivity contribution is 6.42. The third-order valence-corrected chi connectivity index (χ3v) is 4.01. The molecule has 1 aliphatic heterocycles. The molecule has 1 heterocycles. The van der Waals surface area contributed by atoms with E-state index in [1.54, 1.807) is 12.1 Å². The van der Waals surface area contributed by atoms with Crippen LogP contribution >= 0.6 is 34.8 Å². The first-order valence-electron chi connectivity index (χ1n) is 5.99. The molecule has 4 heteroatoms. The Bertz CT molecular complexity index is 629. The molecule has 0 amide bonds. The summed E-state index contributed by atoms with van der Waals surface area (Å²) >= 11 is 18.5. The molecular formula is C15H11Cl3O. The minimum absolute atomic E-state index is 0.181. The van der Waals surface area contributed by atoms with Gasteiger partial charge in [-0.3, -0.25) is 0 Å². The van der Waals surface area contributed by atoms with Crippen molar-refractivity contribution >= 4 is 34.8 Å². The van der Waals surface area contributed by atoms with Crippen LogP contribution in [0.15, 0.2) is 30.3 Å². The molecule has 2 aromatic rings. The third-order valence-electron chi connectivity index (χ3n) is 3.20. The lowest BCUT2D eigenvalue weighted by atomic mass is 10.0. The molecule has 0 aliphatic carbocycles. The maximum absolute atomic E-state index is 6.28. The van der Waals surface area contributed by atoms with Crippen molar-refractivity contribution < 1.29 is 4.74 Å². The lowest BCUT2D eigenvalue weighted by Crippen LogP contribution is -2.05. The van der Waals surface area contributed by atoms with Crippen LogP contribution in [-0.4, -0.2) is 6.10 Å². The van der Waals surface area contributed by atoms with Crippen molar-refractivity contribution in [2.45, 2.75) is 19.4 Å². The van der Waals surface area contributed by atoms with Gasteiger partial charge in [-0.2, -0.15) is 0 Å². The predicted octanol–water partition coefficient (Wildman–Crippen LogP) is 5.64. The van der Waals surface area contributed by atoms with Crippen molar-refractivity contribution in [1.82, 2.24) is 0 Å². The summed E-state index contributed by atoms with van der Waals surface area (Å²) in [5.74, 6) is 0.876. The molecule has 1 unspecified atom stereocenters. The Morgan fingerprint density at radius 3 is 2.47 bits per heavy atom. The monoisotopic (exact) mass is 312 g/mol. The van der Waals surface area contributed by atoms with Crippen LogP contribution in [0.5, 0.6) is 5.75 Å². The highest BCUT2D eigenvalue weighted by Gasteiger charge is 2.24. The maximum atomic E-state index is 6.28. The highest BCUT2D eigenvalue weighted by Crippen LogP contribution is 2.45. The number of ether oxygens (including phenoxy) is 1. The average Bonchev–Trinajstić information content (AvgIpc) is 2.68. The van der Waals surface area contributed by atoms with Gasteiger partial charge in [0.2, 0.25) is 0 Å². The van der Waals surface area contributed by atoms with Crippen LogP contribution in [0.4, 0.5) is 0 Å². The van der Waals surface area contributed by atoms with E-state index in [9.17, 15) is 0 Å². The molecule has 0 spiro atoms. The smallest absolute Gasteiger partial charge is 0.130 e. The van der Waals surface area contributed by atoms with Crippen molar-refractivity contribution in [1.29, 1.82) is 0 Å². The lowest BCUT2D eigenvalue weighted by molar-refractivity contribution is 0.255. The van der Waals surface area contributed by atoms with E-state index in [2.05, 4.69) is 13.0 Å². The molecule has 0 fully saturated rings. The second-order valence-electron chi connectivity index (χ2n) is 4.67. The zero-order chi connectivity index (χ0) is 13.6. The van der Waals surface area contributed by atoms with Crippen LogP contribution in [-0.2, 0) is 6.42 Å². The van der Waals surface area contributed by atoms with Crippen LogP contribution in [0.2, 0.25) is 15.1 Å². The molecule has 3 rings (SSSR count). The van der Waals surface area contributed by atoms with Gasteiger partial charge in [-0.05, 0) is 24.6 Å². The maximum Gasteiger partial charge on any atom is 0.130 e. The van der Waals surface area contributed by atoms with Crippen molar-refractivity contribution in [3.05, 3.63) is 51.0 Å². The molecule has 0 saturated carbocycles. The van der Waals surface area contributed by atoms with Crippen molar-refractivity contribution in [3.63, 3.8) is 0 Å². The first kappa shape index (κ1) is 13.1. The fourth-order valence-electron chi connectivity index (χ4n) is 2.43. The summed E-state index contributed by atoms with van der Waals surface area (Å²) in [6.45, 7) is 2.05. The van der Waals surface area contributed by atoms with Gasteiger partial charge in [0.1, 0.15) is 11.9 Å². The van der Waals surface area contributed by atoms with Gasteiger partial charge in [0.05, 0.1) is 10.0 Å². The molecular weight excluding hydrogens is 303 g/mol. The topological polar surface area (TPSA) is 9.23 Å². The highest BCUT2D eigenvalue weighted by atomic mass is 35.5. The summed E-state index contributed by atoms with van der Waals surface area (Å²) in [5.41, 5.74) is 2.89. The Balaban J connectivity index is 2.22. The zero-order valence-electron chi connectivity index (χ0n) is 10.2. The Labute approximate surface area is 127 Å². The van der Waals surface area contributed by atoms with E-state index in [1.165, 1.54) is 5.56 Å². The van der Waals surface area contributed by atoms with E-state index in [-0.39, 0.29) is 6.10 Å². The van der Waals surface area contributed by atoms with Crippen molar-refractivity contribution in [2.24, 2.45) is 0 Å². The summed E-state index contributed by atoms with van der Waals surface area (Å²) in [5, 5.41) is 1.60. The summed E-state index contributed by atoms with van der Waals surface area (Å²) in [6, 6.07) is 9.43. The molecule has 0 saturated heterocycles. The molecule has 0 bridgehead atoms. The Morgan fingerprint density at radius 2 is 1.79 bits per heavy atom. The Morgan fingerprint density at radius 1 is 1.11 bits per heavy atom. The van der Waals surface area contributed by atoms with Crippen LogP contribution in [0.25, 0.3) is 11.1 Å². The third kappa shape index (κ3) is 2.31. The number of hydrogen-bond acceptors (Lipinski definition) is 1. The zero-order valence-corrected chi connectivity index (χ0v) is 12.5. The molecule has 0 aromatic heterocycles. The summed E-state index contributed by atoms with van der Waals surface area (Å²) in [7, 11) is 0. The van der Waals surface area contributed by atoms with E-state index in [0.29, 0.717) is 15.1 Å². The summed E-state index contributed by atoms with van der Waals surface area (Å²) in [6.07, 6.45) is 1.09. The summed E-state index contributed by atoms with van der Waals surface area (Å²) < 4.78 is 5.88. The van der Waals surface area contributed by atoms with E-state index in [1.807, 2.05) is 12.1 Å². The van der Waals surface area contributed by atoms with E-state index in [4.69, 9.17) is 39.5 Å². The Hall–Kier alpha value is -0.890. The number of rotatable bonds is 1. The molecule has 1 nitrogen and oxygen atoms in total. The minimum atomic E-state index is 0.181. The van der Waals surface area contributed by atoms with E-state index >= 15 is 0 Å². The number of fused-ring (bicyclic) bond motifs is 1. The fraction of sp³-hybridized carbons (Fsp3) is 0.200. The van der Waals surface area contributed by atoms with Crippen LogP contribution < -0.4 is 4.74 Å². The predicted molar refractivity (Wildman–Crippen MR) is 80.7 cm³/mol. The van der Waals surface area contributed by atoms with Gasteiger partial charge in [-0.25, -0.2) is 0 Å². The molecule has 0 radical (unpaired) electrons. The first-order valence-corrected chi connectivity index (χ1v) is 7.13. The standard InChI is InChI=1S/C15H11Cl3O/c1-8-5-9-3-2-4-11(15(9)19-8)14-12(17)6-10(16)7-13(14)18/h2-4,6-8H,5H2,1H3. The number of para-hydroxylation sites is 1. The van der Waals surface area contributed by atoms with Gasteiger partial charge in [-0.1, -0.05) is 53.0 Å². The van der Waals surface area contributed by atoms with Crippen LogP contribution in [0.3, 0.4) is 0 Å². The van der Waals surface area contributed by atoms with Gasteiger partial charge < -0.3 is 4.74 Å². The second-order valence-corrected chi connectivity index (χ2v) is 5.92. The fourth-order valence-corrected chi connectivity index (χ4v) is 3.45. The molecule has 0 N–H and O–H groups in total. The SMILES string of the molecule is CC1Cc2cccc(-c3c(Cl)cc(Cl)cc3Cl)c2O1. The minimum Gasteiger partial charge on any atom is -0.489 e. The number of benzene rings is 2. The molecule has 19 heavy (non-hydrogen) atoms. The van der Waals surface area contributed by atoms with Gasteiger partial charge in [0.15, 0.2) is 0 Å². The Kier molecular flexibility index (Phi) is 3.38.